The molecule has 0 aromatic carbocycles. The first kappa shape index (κ1) is 14.1. The van der Waals surface area contributed by atoms with Gasteiger partial charge in [-0.25, -0.2) is 0 Å². The highest BCUT2D eigenvalue weighted by Gasteiger charge is 2.26. The van der Waals surface area contributed by atoms with Crippen LogP contribution in [0.4, 0.5) is 5.95 Å². The molecule has 110 valence electrons. The fourth-order valence-electron chi connectivity index (χ4n) is 1.73. The largest absolute Gasteiger partial charge is 0.467 e. The number of nitrogens with zero attached hydrogens (tertiary/aromatic N) is 5. The Hall–Kier alpha value is -2.36. The van der Waals surface area contributed by atoms with Crippen LogP contribution in [-0.2, 0) is 4.74 Å². The summed E-state index contributed by atoms with van der Waals surface area (Å²) in [6, 6.07) is 0.303. The van der Waals surface area contributed by atoms with E-state index >= 15 is 0 Å². The number of nitrogens with two attached hydrogens (primary N) is 1. The van der Waals surface area contributed by atoms with Crippen molar-refractivity contribution in [3.63, 3.8) is 0 Å². The molecule has 20 heavy (non-hydrogen) atoms. The van der Waals surface area contributed by atoms with Gasteiger partial charge in [0.15, 0.2) is 5.84 Å². The van der Waals surface area contributed by atoms with Crippen molar-refractivity contribution in [2.75, 3.05) is 38.8 Å². The van der Waals surface area contributed by atoms with E-state index in [0.717, 1.165) is 0 Å². The highest BCUT2D eigenvalue weighted by atomic mass is 16.5. The van der Waals surface area contributed by atoms with Crippen LogP contribution in [0.5, 0.6) is 12.0 Å². The molecule has 0 spiro atoms. The smallest absolute Gasteiger partial charge is 0.324 e. The number of hydrogen-bond acceptors (Lipinski definition) is 9. The fourth-order valence-corrected chi connectivity index (χ4v) is 1.73. The van der Waals surface area contributed by atoms with Crippen LogP contribution < -0.4 is 20.1 Å². The van der Waals surface area contributed by atoms with Crippen LogP contribution in [0, 0.1) is 0 Å². The third-order valence-electron chi connectivity index (χ3n) is 2.74. The zero-order chi connectivity index (χ0) is 14.5. The van der Waals surface area contributed by atoms with E-state index in [1.165, 1.54) is 14.2 Å². The fraction of sp³-hybridized carbons (Fsp3) is 0.600. The third kappa shape index (κ3) is 2.96. The molecule has 1 aliphatic heterocycles. The predicted molar refractivity (Wildman–Crippen MR) is 68.3 cm³/mol. The minimum absolute atomic E-state index is 0.00249. The Kier molecular flexibility index (Phi) is 4.35. The summed E-state index contributed by atoms with van der Waals surface area (Å²) in [4.78, 5) is 14.0. The van der Waals surface area contributed by atoms with Gasteiger partial charge in [-0.1, -0.05) is 5.16 Å². The monoisotopic (exact) mass is 284 g/mol. The van der Waals surface area contributed by atoms with Gasteiger partial charge in [-0.3, -0.25) is 0 Å². The van der Waals surface area contributed by atoms with Crippen LogP contribution in [0.2, 0.25) is 0 Å². The number of methoxy groups -OCH3 is 2. The summed E-state index contributed by atoms with van der Waals surface area (Å²) in [6.45, 7) is 1.31. The van der Waals surface area contributed by atoms with Gasteiger partial charge in [0, 0.05) is 6.54 Å². The lowest BCUT2D eigenvalue weighted by Gasteiger charge is -2.32. The second-order valence-corrected chi connectivity index (χ2v) is 3.94. The van der Waals surface area contributed by atoms with E-state index in [2.05, 4.69) is 20.1 Å². The molecule has 1 unspecified atom stereocenters. The van der Waals surface area contributed by atoms with Crippen molar-refractivity contribution in [3.05, 3.63) is 0 Å². The number of hydrogen-bond donors (Lipinski definition) is 2. The molecule has 0 amide bonds. The van der Waals surface area contributed by atoms with E-state index in [0.29, 0.717) is 25.6 Å². The SMILES string of the molecule is COc1nc(OC)nc(N2CCOC(C(N)=NO)C2)n1. The molecule has 0 bridgehead atoms. The molecule has 0 aliphatic carbocycles. The first-order chi connectivity index (χ1) is 9.67. The Morgan fingerprint density at radius 2 is 2.00 bits per heavy atom. The molecule has 3 N–H and O–H groups in total. The van der Waals surface area contributed by atoms with Crippen molar-refractivity contribution >= 4 is 11.8 Å². The van der Waals surface area contributed by atoms with E-state index < -0.39 is 6.10 Å². The standard InChI is InChI=1S/C10H16N6O4/c1-18-9-12-8(13-10(14-9)19-2)16-3-4-20-6(5-16)7(11)15-17/h6,17H,3-5H2,1-2H3,(H2,11,15). The summed E-state index contributed by atoms with van der Waals surface area (Å²) < 4.78 is 15.4. The van der Waals surface area contributed by atoms with Crippen LogP contribution in [0.1, 0.15) is 0 Å². The number of amidine groups is 1. The molecule has 0 saturated carbocycles. The highest BCUT2D eigenvalue weighted by molar-refractivity contribution is 5.85. The van der Waals surface area contributed by atoms with Crippen LogP contribution in [-0.4, -0.2) is 66.0 Å². The number of ether oxygens (including phenoxy) is 3. The molecule has 1 aliphatic rings. The highest BCUT2D eigenvalue weighted by Crippen LogP contribution is 2.18. The molecule has 2 heterocycles. The van der Waals surface area contributed by atoms with Crippen molar-refractivity contribution in [1.29, 1.82) is 0 Å². The molecule has 10 heteroatoms. The Balaban J connectivity index is 2.22. The number of rotatable bonds is 4. The predicted octanol–water partition coefficient (Wildman–Crippen LogP) is -1.16. The van der Waals surface area contributed by atoms with Gasteiger partial charge in [0.25, 0.3) is 0 Å². The number of morpholine rings is 1. The second-order valence-electron chi connectivity index (χ2n) is 3.94. The van der Waals surface area contributed by atoms with Gasteiger partial charge in [-0.2, -0.15) is 9.97 Å². The lowest BCUT2D eigenvalue weighted by molar-refractivity contribution is 0.0799. The van der Waals surface area contributed by atoms with Gasteiger partial charge in [0.2, 0.25) is 5.95 Å². The summed E-state index contributed by atoms with van der Waals surface area (Å²) in [6.07, 6.45) is -0.525. The Bertz CT molecular complexity index is 474. The molecule has 1 aromatic rings. The number of oxime groups is 1. The maximum Gasteiger partial charge on any atom is 0.324 e. The van der Waals surface area contributed by atoms with Crippen LogP contribution >= 0.6 is 0 Å². The van der Waals surface area contributed by atoms with Crippen LogP contribution in [0.25, 0.3) is 0 Å². The van der Waals surface area contributed by atoms with Crippen molar-refractivity contribution in [3.8, 4) is 12.0 Å². The average molecular weight is 284 g/mol. The van der Waals surface area contributed by atoms with E-state index in [4.69, 9.17) is 25.2 Å². The minimum Gasteiger partial charge on any atom is -0.467 e. The zero-order valence-electron chi connectivity index (χ0n) is 11.2. The lowest BCUT2D eigenvalue weighted by Crippen LogP contribution is -2.49. The van der Waals surface area contributed by atoms with E-state index in [1.807, 2.05) is 4.90 Å². The molecular formula is C10H16N6O4. The summed E-state index contributed by atoms with van der Waals surface area (Å²) in [5.74, 6) is 0.385. The van der Waals surface area contributed by atoms with E-state index in [1.54, 1.807) is 0 Å². The van der Waals surface area contributed by atoms with E-state index in [-0.39, 0.29) is 17.9 Å². The quantitative estimate of drug-likeness (QED) is 0.304. The number of anilines is 1. The average Bonchev–Trinajstić information content (AvgIpc) is 2.53. The molecule has 0 radical (unpaired) electrons. The van der Waals surface area contributed by atoms with Gasteiger partial charge in [-0.15, -0.1) is 4.98 Å². The Morgan fingerprint density at radius 1 is 1.35 bits per heavy atom. The minimum atomic E-state index is -0.525. The Labute approximate surface area is 115 Å². The number of aromatic nitrogens is 3. The normalized spacial score (nSPS) is 19.8. The first-order valence-electron chi connectivity index (χ1n) is 5.86. The maximum absolute atomic E-state index is 8.69. The molecule has 10 nitrogen and oxygen atoms in total. The van der Waals surface area contributed by atoms with Crippen molar-refractivity contribution in [1.82, 2.24) is 15.0 Å². The Morgan fingerprint density at radius 3 is 2.55 bits per heavy atom. The van der Waals surface area contributed by atoms with Gasteiger partial charge in [0.1, 0.15) is 6.10 Å². The topological polar surface area (TPSA) is 128 Å². The summed E-state index contributed by atoms with van der Waals surface area (Å²) >= 11 is 0. The zero-order valence-corrected chi connectivity index (χ0v) is 11.2. The van der Waals surface area contributed by atoms with E-state index in [9.17, 15) is 0 Å². The van der Waals surface area contributed by atoms with Gasteiger partial charge >= 0.3 is 12.0 Å². The molecule has 1 saturated heterocycles. The summed E-state index contributed by atoms with van der Waals surface area (Å²) in [5.41, 5.74) is 5.55. The molecule has 2 rings (SSSR count). The summed E-state index contributed by atoms with van der Waals surface area (Å²) in [7, 11) is 2.91. The molecule has 1 fully saturated rings. The van der Waals surface area contributed by atoms with Crippen LogP contribution in [0.15, 0.2) is 5.16 Å². The summed E-state index contributed by atoms with van der Waals surface area (Å²) in [5, 5.41) is 11.6. The van der Waals surface area contributed by atoms with Gasteiger partial charge in [-0.05, 0) is 0 Å². The molecule has 1 aromatic heterocycles. The van der Waals surface area contributed by atoms with Crippen molar-refractivity contribution in [2.24, 2.45) is 10.9 Å². The molecular weight excluding hydrogens is 268 g/mol. The first-order valence-corrected chi connectivity index (χ1v) is 5.86. The molecule has 1 atom stereocenters. The van der Waals surface area contributed by atoms with Crippen LogP contribution in [0.3, 0.4) is 0 Å². The third-order valence-corrected chi connectivity index (χ3v) is 2.74. The van der Waals surface area contributed by atoms with Crippen molar-refractivity contribution in [2.45, 2.75) is 6.10 Å². The second kappa shape index (κ2) is 6.19. The lowest BCUT2D eigenvalue weighted by atomic mass is 10.2. The maximum atomic E-state index is 8.69. The van der Waals surface area contributed by atoms with Gasteiger partial charge in [0.05, 0.1) is 27.4 Å². The van der Waals surface area contributed by atoms with Gasteiger partial charge < -0.3 is 30.1 Å². The van der Waals surface area contributed by atoms with Crippen molar-refractivity contribution < 1.29 is 19.4 Å².